The Hall–Kier alpha value is -0.470. The fourth-order valence-electron chi connectivity index (χ4n) is 1.68. The van der Waals surface area contributed by atoms with Gasteiger partial charge in [-0.3, -0.25) is 4.79 Å². The van der Waals surface area contributed by atoms with E-state index in [-0.39, 0.29) is 11.9 Å². The molecule has 0 aliphatic heterocycles. The number of nitrogens with one attached hydrogen (secondary N) is 1. The Morgan fingerprint density at radius 2 is 2.09 bits per heavy atom. The number of aromatic nitrogens is 2. The average Bonchev–Trinajstić information content (AvgIpc) is 2.93. The minimum Gasteiger partial charge on any atom is -0.349 e. The first-order valence-electron chi connectivity index (χ1n) is 6.24. The Labute approximate surface area is 151 Å². The molecule has 0 saturated carbocycles. The number of nitrogens with zero attached hydrogens (tertiary/aromatic N) is 2. The number of hydrogen-bond donors (Lipinski definition) is 1. The number of hydrogen-bond acceptors (Lipinski definition) is 6. The highest BCUT2D eigenvalue weighted by Crippen LogP contribution is 2.28. The predicted molar refractivity (Wildman–Crippen MR) is 95.4 cm³/mol. The summed E-state index contributed by atoms with van der Waals surface area (Å²) in [6, 6.07) is 5.05. The first-order chi connectivity index (χ1) is 10.5. The molecule has 1 aromatic heterocycles. The standard InChI is InChI=1S/C13H13Cl2N3OS3/c1-7(9-4-3-8(14)5-10(9)15)16-11(19)6-21-13-18-17-12(20-2)22-13/h3-5,7H,6H2,1-2H3,(H,16,19). The van der Waals surface area contributed by atoms with Crippen molar-refractivity contribution in [3.63, 3.8) is 0 Å². The van der Waals surface area contributed by atoms with E-state index < -0.39 is 0 Å². The maximum Gasteiger partial charge on any atom is 0.230 e. The van der Waals surface area contributed by atoms with Gasteiger partial charge >= 0.3 is 0 Å². The second kappa shape index (κ2) is 8.40. The molecule has 0 saturated heterocycles. The van der Waals surface area contributed by atoms with E-state index in [1.807, 2.05) is 19.2 Å². The second-order valence-electron chi connectivity index (χ2n) is 4.28. The lowest BCUT2D eigenvalue weighted by Crippen LogP contribution is -2.28. The van der Waals surface area contributed by atoms with Crippen LogP contribution in [-0.4, -0.2) is 28.1 Å². The highest BCUT2D eigenvalue weighted by Gasteiger charge is 2.14. The van der Waals surface area contributed by atoms with Crippen LogP contribution in [0, 0.1) is 0 Å². The van der Waals surface area contributed by atoms with E-state index in [4.69, 9.17) is 23.2 Å². The third-order valence-corrected chi connectivity index (χ3v) is 6.29. The zero-order valence-corrected chi connectivity index (χ0v) is 15.8. The average molecular weight is 394 g/mol. The molecule has 0 radical (unpaired) electrons. The molecule has 1 N–H and O–H groups in total. The molecule has 22 heavy (non-hydrogen) atoms. The van der Waals surface area contributed by atoms with Crippen molar-refractivity contribution in [1.29, 1.82) is 0 Å². The number of thioether (sulfide) groups is 2. The van der Waals surface area contributed by atoms with E-state index in [2.05, 4.69) is 15.5 Å². The number of carbonyl (C=O) groups excluding carboxylic acids is 1. The summed E-state index contributed by atoms with van der Waals surface area (Å²) in [6.07, 6.45) is 1.94. The van der Waals surface area contributed by atoms with Crippen LogP contribution in [0.5, 0.6) is 0 Å². The molecule has 2 rings (SSSR count). The normalized spacial score (nSPS) is 12.2. The Bertz CT molecular complexity index is 666. The molecule has 1 aromatic carbocycles. The third-order valence-electron chi connectivity index (χ3n) is 2.70. The maximum absolute atomic E-state index is 12.0. The lowest BCUT2D eigenvalue weighted by atomic mass is 10.1. The quantitative estimate of drug-likeness (QED) is 0.730. The lowest BCUT2D eigenvalue weighted by molar-refractivity contribution is -0.119. The summed E-state index contributed by atoms with van der Waals surface area (Å²) in [6.45, 7) is 1.88. The number of carbonyl (C=O) groups is 1. The molecule has 118 valence electrons. The molecule has 1 unspecified atom stereocenters. The van der Waals surface area contributed by atoms with Crippen molar-refractivity contribution in [2.24, 2.45) is 0 Å². The molecule has 1 amide bonds. The van der Waals surface area contributed by atoms with Gasteiger partial charge in [0.25, 0.3) is 0 Å². The van der Waals surface area contributed by atoms with E-state index in [0.29, 0.717) is 15.8 Å². The van der Waals surface area contributed by atoms with Gasteiger partial charge in [0, 0.05) is 10.0 Å². The van der Waals surface area contributed by atoms with Crippen molar-refractivity contribution in [1.82, 2.24) is 15.5 Å². The van der Waals surface area contributed by atoms with E-state index in [1.54, 1.807) is 23.9 Å². The maximum atomic E-state index is 12.0. The molecule has 0 spiro atoms. The van der Waals surface area contributed by atoms with Crippen molar-refractivity contribution in [3.05, 3.63) is 33.8 Å². The minimum absolute atomic E-state index is 0.0792. The monoisotopic (exact) mass is 393 g/mol. The Kier molecular flexibility index (Phi) is 6.83. The van der Waals surface area contributed by atoms with Gasteiger partial charge in [0.1, 0.15) is 0 Å². The summed E-state index contributed by atoms with van der Waals surface area (Å²) >= 11 is 16.4. The summed E-state index contributed by atoms with van der Waals surface area (Å²) in [5, 5.41) is 12.0. The van der Waals surface area contributed by atoms with Crippen molar-refractivity contribution < 1.29 is 4.79 Å². The summed E-state index contributed by atoms with van der Waals surface area (Å²) in [5.41, 5.74) is 0.838. The Morgan fingerprint density at radius 1 is 1.36 bits per heavy atom. The minimum atomic E-state index is -0.186. The van der Waals surface area contributed by atoms with Crippen LogP contribution in [0.15, 0.2) is 26.9 Å². The number of halogens is 2. The lowest BCUT2D eigenvalue weighted by Gasteiger charge is -2.15. The van der Waals surface area contributed by atoms with Crippen LogP contribution >= 0.6 is 58.1 Å². The van der Waals surface area contributed by atoms with Gasteiger partial charge in [0.05, 0.1) is 11.8 Å². The molecule has 4 nitrogen and oxygen atoms in total. The van der Waals surface area contributed by atoms with Gasteiger partial charge in [0.15, 0.2) is 8.68 Å². The molecule has 2 aromatic rings. The van der Waals surface area contributed by atoms with Crippen LogP contribution in [0.1, 0.15) is 18.5 Å². The van der Waals surface area contributed by atoms with Gasteiger partial charge in [-0.1, -0.05) is 64.1 Å². The van der Waals surface area contributed by atoms with Gasteiger partial charge < -0.3 is 5.32 Å². The Morgan fingerprint density at radius 3 is 2.73 bits per heavy atom. The molecule has 0 bridgehead atoms. The molecule has 1 heterocycles. The van der Waals surface area contributed by atoms with Crippen LogP contribution in [0.3, 0.4) is 0 Å². The largest absolute Gasteiger partial charge is 0.349 e. The van der Waals surface area contributed by atoms with Crippen LogP contribution in [0.4, 0.5) is 0 Å². The molecule has 0 aliphatic carbocycles. The van der Waals surface area contributed by atoms with Gasteiger partial charge in [-0.15, -0.1) is 10.2 Å². The fourth-order valence-corrected chi connectivity index (χ4v) is 4.50. The zero-order valence-electron chi connectivity index (χ0n) is 11.8. The Balaban J connectivity index is 1.88. The van der Waals surface area contributed by atoms with Crippen molar-refractivity contribution in [2.45, 2.75) is 21.6 Å². The molecule has 9 heteroatoms. The highest BCUT2D eigenvalue weighted by atomic mass is 35.5. The number of benzene rings is 1. The van der Waals surface area contributed by atoms with Gasteiger partial charge in [0.2, 0.25) is 5.91 Å². The smallest absolute Gasteiger partial charge is 0.230 e. The molecular weight excluding hydrogens is 381 g/mol. The summed E-state index contributed by atoms with van der Waals surface area (Å²) in [7, 11) is 0. The predicted octanol–water partition coefficient (Wildman–Crippen LogP) is 4.54. The highest BCUT2D eigenvalue weighted by molar-refractivity contribution is 8.03. The SMILES string of the molecule is CSc1nnc(SCC(=O)NC(C)c2ccc(Cl)cc2Cl)s1. The third kappa shape index (κ3) is 5.03. The summed E-state index contributed by atoms with van der Waals surface area (Å²) in [4.78, 5) is 12.0. The van der Waals surface area contributed by atoms with E-state index >= 15 is 0 Å². The van der Waals surface area contributed by atoms with Crippen LogP contribution in [-0.2, 0) is 4.79 Å². The molecular formula is C13H13Cl2N3OS3. The zero-order chi connectivity index (χ0) is 16.1. The topological polar surface area (TPSA) is 54.9 Å². The van der Waals surface area contributed by atoms with E-state index in [9.17, 15) is 4.79 Å². The van der Waals surface area contributed by atoms with Crippen LogP contribution in [0.25, 0.3) is 0 Å². The molecule has 0 fully saturated rings. The van der Waals surface area contributed by atoms with Gasteiger partial charge in [-0.2, -0.15) is 0 Å². The first-order valence-corrected chi connectivity index (χ1v) is 10.0. The van der Waals surface area contributed by atoms with Crippen molar-refractivity contribution in [2.75, 3.05) is 12.0 Å². The van der Waals surface area contributed by atoms with Gasteiger partial charge in [-0.05, 0) is 30.9 Å². The summed E-state index contributed by atoms with van der Waals surface area (Å²) < 4.78 is 1.68. The van der Waals surface area contributed by atoms with Crippen molar-refractivity contribution in [3.8, 4) is 0 Å². The van der Waals surface area contributed by atoms with Crippen LogP contribution < -0.4 is 5.32 Å². The fraction of sp³-hybridized carbons (Fsp3) is 0.308. The van der Waals surface area contributed by atoms with Crippen molar-refractivity contribution >= 4 is 64.0 Å². The number of amides is 1. The first kappa shape index (κ1) is 17.9. The second-order valence-corrected chi connectivity index (χ2v) is 8.38. The molecule has 1 atom stereocenters. The van der Waals surface area contributed by atoms with Gasteiger partial charge in [-0.25, -0.2) is 0 Å². The number of rotatable bonds is 6. The van der Waals surface area contributed by atoms with E-state index in [0.717, 1.165) is 14.2 Å². The molecule has 0 aliphatic rings. The van der Waals surface area contributed by atoms with E-state index in [1.165, 1.54) is 23.1 Å². The van der Waals surface area contributed by atoms with Crippen LogP contribution in [0.2, 0.25) is 10.0 Å². The summed E-state index contributed by atoms with van der Waals surface area (Å²) in [5.74, 6) is 0.211.